The second-order valence-electron chi connectivity index (χ2n) is 8.32. The van der Waals surface area contributed by atoms with Crippen molar-refractivity contribution in [3.63, 3.8) is 0 Å². The summed E-state index contributed by atoms with van der Waals surface area (Å²) in [4.78, 5) is 14.4. The van der Waals surface area contributed by atoms with Crippen molar-refractivity contribution in [3.05, 3.63) is 92.2 Å². The predicted octanol–water partition coefficient (Wildman–Crippen LogP) is 7.31. The number of halogens is 6. The average molecular weight is 588 g/mol. The molecule has 3 atom stereocenters. The smallest absolute Gasteiger partial charge is 0.231 e. The fourth-order valence-electron chi connectivity index (χ4n) is 4.11. The molecule has 36 heavy (non-hydrogen) atoms. The van der Waals surface area contributed by atoms with Crippen LogP contribution in [0, 0.1) is 23.1 Å². The summed E-state index contributed by atoms with van der Waals surface area (Å²) in [6.07, 6.45) is -1.31. The Kier molecular flexibility index (Phi) is 7.64. The molecule has 0 aliphatic heterocycles. The number of carbonyl (C=O) groups is 1. The molecule has 1 fully saturated rings. The molecule has 0 bridgehead atoms. The second kappa shape index (κ2) is 10.3. The standard InChI is InChI=1S/C25H17Cl5FN3O2/c1-34(20-5-2-16(31)8-13(20)11-32)24(36)18-10-17(3-4-19(18)28)33-23(35)22-21(25(22,29)30)12-6-14(26)9-15(27)7-12/h2-10,21-22,24,36H,1H3,(H,33,35). The Morgan fingerprint density at radius 2 is 1.78 bits per heavy atom. The fraction of sp³-hybridized carbons (Fsp3) is 0.200. The lowest BCUT2D eigenvalue weighted by atomic mass is 10.1. The fourth-order valence-corrected chi connectivity index (χ4v) is 5.69. The van der Waals surface area contributed by atoms with E-state index < -0.39 is 34.1 Å². The van der Waals surface area contributed by atoms with Gasteiger partial charge in [-0.3, -0.25) is 4.79 Å². The molecular weight excluding hydrogens is 571 g/mol. The molecule has 2 N–H and O–H groups in total. The molecule has 0 spiro atoms. The zero-order valence-electron chi connectivity index (χ0n) is 18.4. The molecule has 1 saturated carbocycles. The molecular formula is C25H17Cl5FN3O2. The van der Waals surface area contributed by atoms with Gasteiger partial charge < -0.3 is 15.3 Å². The minimum absolute atomic E-state index is 0.0404. The van der Waals surface area contributed by atoms with Crippen LogP contribution in [-0.4, -0.2) is 22.4 Å². The van der Waals surface area contributed by atoms with Crippen LogP contribution in [0.3, 0.4) is 0 Å². The SMILES string of the molecule is CN(c1ccc(F)cc1C#N)C(O)c1cc(NC(=O)C2C(c3cc(Cl)cc(Cl)c3)C2(Cl)Cl)ccc1Cl. The van der Waals surface area contributed by atoms with E-state index in [9.17, 15) is 19.6 Å². The van der Waals surface area contributed by atoms with Gasteiger partial charge in [-0.05, 0) is 60.2 Å². The highest BCUT2D eigenvalue weighted by Crippen LogP contribution is 2.65. The highest BCUT2D eigenvalue weighted by Gasteiger charge is 2.67. The van der Waals surface area contributed by atoms with Crippen LogP contribution in [0.5, 0.6) is 0 Å². The van der Waals surface area contributed by atoms with Gasteiger partial charge in [-0.25, -0.2) is 4.39 Å². The van der Waals surface area contributed by atoms with Crippen LogP contribution in [0.1, 0.15) is 28.8 Å². The highest BCUT2D eigenvalue weighted by atomic mass is 35.5. The minimum atomic E-state index is -1.36. The number of hydrogen-bond acceptors (Lipinski definition) is 4. The Morgan fingerprint density at radius 1 is 1.11 bits per heavy atom. The molecule has 11 heteroatoms. The van der Waals surface area contributed by atoms with Crippen LogP contribution in [-0.2, 0) is 4.79 Å². The highest BCUT2D eigenvalue weighted by molar-refractivity contribution is 6.53. The number of nitriles is 1. The third-order valence-electron chi connectivity index (χ3n) is 5.95. The molecule has 1 amide bonds. The van der Waals surface area contributed by atoms with Crippen LogP contribution >= 0.6 is 58.0 Å². The van der Waals surface area contributed by atoms with Crippen LogP contribution < -0.4 is 10.2 Å². The number of alkyl halides is 2. The summed E-state index contributed by atoms with van der Waals surface area (Å²) in [5.74, 6) is -2.32. The van der Waals surface area contributed by atoms with E-state index >= 15 is 0 Å². The topological polar surface area (TPSA) is 76.4 Å². The van der Waals surface area contributed by atoms with Gasteiger partial charge in [0.2, 0.25) is 5.91 Å². The molecule has 3 aromatic rings. The van der Waals surface area contributed by atoms with E-state index in [1.165, 1.54) is 36.2 Å². The lowest BCUT2D eigenvalue weighted by Gasteiger charge is -2.27. The predicted molar refractivity (Wildman–Crippen MR) is 142 cm³/mol. The summed E-state index contributed by atoms with van der Waals surface area (Å²) < 4.78 is 12.2. The number of amides is 1. The molecule has 0 heterocycles. The van der Waals surface area contributed by atoms with E-state index in [0.29, 0.717) is 27.0 Å². The molecule has 4 rings (SSSR count). The zero-order chi connectivity index (χ0) is 26.4. The number of nitrogens with zero attached hydrogens (tertiary/aromatic N) is 2. The summed E-state index contributed by atoms with van der Waals surface area (Å²) in [7, 11) is 1.53. The van der Waals surface area contributed by atoms with Crippen molar-refractivity contribution < 1.29 is 14.3 Å². The van der Waals surface area contributed by atoms with Crippen LogP contribution in [0.15, 0.2) is 54.6 Å². The summed E-state index contributed by atoms with van der Waals surface area (Å²) in [6, 6.07) is 15.0. The van der Waals surface area contributed by atoms with Crippen molar-refractivity contribution in [2.24, 2.45) is 5.92 Å². The Bertz CT molecular complexity index is 1370. The Hall–Kier alpha value is -2.24. The minimum Gasteiger partial charge on any atom is -0.369 e. The van der Waals surface area contributed by atoms with Gasteiger partial charge >= 0.3 is 0 Å². The van der Waals surface area contributed by atoms with Crippen LogP contribution in [0.2, 0.25) is 15.1 Å². The molecule has 186 valence electrons. The number of hydrogen-bond donors (Lipinski definition) is 2. The monoisotopic (exact) mass is 585 g/mol. The molecule has 5 nitrogen and oxygen atoms in total. The normalized spacial score (nSPS) is 18.8. The lowest BCUT2D eigenvalue weighted by Crippen LogP contribution is -2.25. The first-order chi connectivity index (χ1) is 16.9. The first kappa shape index (κ1) is 26.8. The molecule has 0 saturated heterocycles. The molecule has 0 aromatic heterocycles. The third-order valence-corrected chi connectivity index (χ3v) is 7.67. The molecule has 1 aliphatic rings. The summed E-state index contributed by atoms with van der Waals surface area (Å²) in [6.45, 7) is 0. The zero-order valence-corrected chi connectivity index (χ0v) is 22.2. The van der Waals surface area contributed by atoms with Crippen LogP contribution in [0.4, 0.5) is 15.8 Å². The Balaban J connectivity index is 1.56. The first-order valence-corrected chi connectivity index (χ1v) is 12.4. The van der Waals surface area contributed by atoms with Gasteiger partial charge in [-0.1, -0.05) is 34.8 Å². The van der Waals surface area contributed by atoms with E-state index in [1.54, 1.807) is 24.3 Å². The van der Waals surface area contributed by atoms with Gasteiger partial charge in [-0.2, -0.15) is 5.26 Å². The molecule has 0 radical (unpaired) electrons. The van der Waals surface area contributed by atoms with E-state index in [2.05, 4.69) is 5.32 Å². The Morgan fingerprint density at radius 3 is 2.42 bits per heavy atom. The van der Waals surface area contributed by atoms with E-state index in [-0.39, 0.29) is 16.1 Å². The number of nitrogens with one attached hydrogen (secondary N) is 1. The van der Waals surface area contributed by atoms with E-state index in [1.807, 2.05) is 6.07 Å². The van der Waals surface area contributed by atoms with E-state index in [0.717, 1.165) is 6.07 Å². The molecule has 3 aromatic carbocycles. The van der Waals surface area contributed by atoms with E-state index in [4.69, 9.17) is 58.0 Å². The molecule has 3 unspecified atom stereocenters. The van der Waals surface area contributed by atoms with Gasteiger partial charge in [0.15, 0.2) is 6.23 Å². The van der Waals surface area contributed by atoms with Gasteiger partial charge in [0, 0.05) is 39.3 Å². The van der Waals surface area contributed by atoms with Crippen molar-refractivity contribution in [1.29, 1.82) is 5.26 Å². The number of rotatable bonds is 6. The molecule has 1 aliphatic carbocycles. The maximum Gasteiger partial charge on any atom is 0.231 e. The maximum atomic E-state index is 13.5. The average Bonchev–Trinajstić information content (AvgIpc) is 3.40. The maximum absolute atomic E-state index is 13.5. The summed E-state index contributed by atoms with van der Waals surface area (Å²) in [5.41, 5.74) is 1.57. The first-order valence-electron chi connectivity index (χ1n) is 10.5. The van der Waals surface area contributed by atoms with Crippen LogP contribution in [0.25, 0.3) is 0 Å². The van der Waals surface area contributed by atoms with Gasteiger partial charge in [0.05, 0.1) is 17.2 Å². The number of carbonyl (C=O) groups excluding carboxylic acids is 1. The van der Waals surface area contributed by atoms with Gasteiger partial charge in [0.25, 0.3) is 0 Å². The van der Waals surface area contributed by atoms with Crippen molar-refractivity contribution >= 4 is 75.3 Å². The second-order valence-corrected chi connectivity index (χ2v) is 11.0. The lowest BCUT2D eigenvalue weighted by molar-refractivity contribution is -0.117. The number of anilines is 2. The summed E-state index contributed by atoms with van der Waals surface area (Å²) in [5, 5.41) is 24.1. The van der Waals surface area contributed by atoms with Crippen molar-refractivity contribution in [3.8, 4) is 6.07 Å². The quantitative estimate of drug-likeness (QED) is 0.234. The largest absolute Gasteiger partial charge is 0.369 e. The van der Waals surface area contributed by atoms with Crippen molar-refractivity contribution in [1.82, 2.24) is 0 Å². The number of aliphatic hydroxyl groups excluding tert-OH is 1. The third kappa shape index (κ3) is 5.24. The number of aliphatic hydroxyl groups is 1. The van der Waals surface area contributed by atoms with Crippen molar-refractivity contribution in [2.75, 3.05) is 17.3 Å². The van der Waals surface area contributed by atoms with Gasteiger partial charge in [-0.15, -0.1) is 23.2 Å². The van der Waals surface area contributed by atoms with Gasteiger partial charge in [0.1, 0.15) is 16.2 Å². The Labute approximate surface area is 231 Å². The number of benzene rings is 3. The van der Waals surface area contributed by atoms with Crippen molar-refractivity contribution in [2.45, 2.75) is 16.5 Å². The summed E-state index contributed by atoms with van der Waals surface area (Å²) >= 11 is 31.3.